The molecule has 0 bridgehead atoms. The average molecular weight is 373 g/mol. The van der Waals surface area contributed by atoms with Crippen LogP contribution in [0.15, 0.2) is 18.2 Å². The van der Waals surface area contributed by atoms with Crippen LogP contribution in [0.4, 0.5) is 0 Å². The van der Waals surface area contributed by atoms with Crippen LogP contribution < -0.4 is 0 Å². The van der Waals surface area contributed by atoms with E-state index in [4.69, 9.17) is 11.6 Å². The van der Waals surface area contributed by atoms with Crippen molar-refractivity contribution in [2.45, 2.75) is 57.5 Å². The molecule has 1 heterocycles. The second-order valence-corrected chi connectivity index (χ2v) is 7.74. The highest BCUT2D eigenvalue weighted by Crippen LogP contribution is 2.26. The molecule has 1 aromatic carbocycles. The first kappa shape index (κ1) is 17.5. The van der Waals surface area contributed by atoms with Gasteiger partial charge in [0.15, 0.2) is 0 Å². The smallest absolute Gasteiger partial charge is 0.238 e. The van der Waals surface area contributed by atoms with Crippen LogP contribution in [0.5, 0.6) is 0 Å². The lowest BCUT2D eigenvalue weighted by Gasteiger charge is -2.34. The second kappa shape index (κ2) is 7.39. The van der Waals surface area contributed by atoms with Gasteiger partial charge in [0.2, 0.25) is 5.91 Å². The van der Waals surface area contributed by atoms with Gasteiger partial charge in [-0.05, 0) is 55.2 Å². The first-order valence-corrected chi connectivity index (χ1v) is 10.0. The van der Waals surface area contributed by atoms with Crippen molar-refractivity contribution in [1.29, 1.82) is 0 Å². The molecule has 6 heteroatoms. The van der Waals surface area contributed by atoms with Crippen molar-refractivity contribution >= 4 is 17.5 Å². The Morgan fingerprint density at radius 2 is 2.08 bits per heavy atom. The summed E-state index contributed by atoms with van der Waals surface area (Å²) in [6.45, 7) is 0.624. The normalized spacial score (nSPS) is 18.9. The zero-order chi connectivity index (χ0) is 18.1. The van der Waals surface area contributed by atoms with E-state index in [1.807, 2.05) is 16.6 Å². The van der Waals surface area contributed by atoms with E-state index in [0.29, 0.717) is 6.54 Å². The van der Waals surface area contributed by atoms with Gasteiger partial charge in [-0.15, -0.1) is 16.7 Å². The van der Waals surface area contributed by atoms with Gasteiger partial charge in [0.25, 0.3) is 0 Å². The number of halogens is 1. The predicted octanol–water partition coefficient (Wildman–Crippen LogP) is 2.82. The third kappa shape index (κ3) is 3.37. The van der Waals surface area contributed by atoms with Crippen molar-refractivity contribution in [1.82, 2.24) is 19.9 Å². The topological polar surface area (TPSA) is 51.0 Å². The van der Waals surface area contributed by atoms with E-state index in [0.717, 1.165) is 31.4 Å². The lowest BCUT2D eigenvalue weighted by Crippen LogP contribution is -2.43. The molecule has 0 spiro atoms. The Morgan fingerprint density at radius 3 is 2.88 bits per heavy atom. The van der Waals surface area contributed by atoms with Crippen LogP contribution in [0, 0.1) is 0 Å². The van der Waals surface area contributed by atoms with Crippen LogP contribution in [0.25, 0.3) is 0 Å². The number of carbonyl (C=O) groups is 1. The molecule has 2 aromatic rings. The maximum atomic E-state index is 12.6. The van der Waals surface area contributed by atoms with E-state index in [2.05, 4.69) is 28.5 Å². The molecule has 0 fully saturated rings. The monoisotopic (exact) mass is 372 g/mol. The molecular formula is C20H25ClN4O. The number of hydrogen-bond donors (Lipinski definition) is 0. The van der Waals surface area contributed by atoms with Crippen LogP contribution in [0.1, 0.15) is 47.3 Å². The molecule has 0 saturated carbocycles. The molecule has 1 amide bonds. The van der Waals surface area contributed by atoms with E-state index in [1.165, 1.54) is 41.6 Å². The van der Waals surface area contributed by atoms with E-state index >= 15 is 0 Å². The summed E-state index contributed by atoms with van der Waals surface area (Å²) in [5, 5.41) is 8.41. The van der Waals surface area contributed by atoms with Crippen molar-refractivity contribution < 1.29 is 4.79 Å². The Bertz CT molecular complexity index is 816. The molecule has 0 radical (unpaired) electrons. The highest BCUT2D eigenvalue weighted by atomic mass is 35.5. The molecule has 2 aliphatic rings. The third-order valence-electron chi connectivity index (χ3n) is 5.81. The zero-order valence-electron chi connectivity index (χ0n) is 15.2. The Morgan fingerprint density at radius 1 is 1.27 bits per heavy atom. The fraction of sp³-hybridized carbons (Fsp3) is 0.550. The number of hydrogen-bond acceptors (Lipinski definition) is 3. The fourth-order valence-electron chi connectivity index (χ4n) is 4.36. The van der Waals surface area contributed by atoms with Gasteiger partial charge in [-0.25, -0.2) is 0 Å². The van der Waals surface area contributed by atoms with Gasteiger partial charge < -0.3 is 4.90 Å². The number of fused-ring (bicyclic) bond motifs is 2. The fourth-order valence-corrected chi connectivity index (χ4v) is 4.51. The van der Waals surface area contributed by atoms with Gasteiger partial charge in [-0.2, -0.15) is 0 Å². The number of aromatic nitrogens is 3. The van der Waals surface area contributed by atoms with Gasteiger partial charge in [0.05, 0.1) is 11.4 Å². The van der Waals surface area contributed by atoms with Crippen molar-refractivity contribution in [2.75, 3.05) is 5.88 Å². The number of alkyl halides is 1. The second-order valence-electron chi connectivity index (χ2n) is 7.47. The van der Waals surface area contributed by atoms with Gasteiger partial charge in [0, 0.05) is 26.1 Å². The summed E-state index contributed by atoms with van der Waals surface area (Å²) in [6.07, 6.45) is 7.47. The lowest BCUT2D eigenvalue weighted by molar-refractivity contribution is -0.131. The molecule has 26 heavy (non-hydrogen) atoms. The SMILES string of the molecule is Cn1nnc2c1CCC(N(Cc1ccc3c(c1)CCCC3)C(=O)CCl)C2. The Labute approximate surface area is 159 Å². The maximum Gasteiger partial charge on any atom is 0.238 e. The molecule has 138 valence electrons. The van der Waals surface area contributed by atoms with Crippen LogP contribution in [0.2, 0.25) is 0 Å². The molecule has 2 aliphatic carbocycles. The number of nitrogens with zero attached hydrogens (tertiary/aromatic N) is 4. The van der Waals surface area contributed by atoms with Crippen molar-refractivity contribution in [3.63, 3.8) is 0 Å². The minimum absolute atomic E-state index is 0.00160. The molecule has 0 saturated heterocycles. The summed E-state index contributed by atoms with van der Waals surface area (Å²) in [7, 11) is 1.93. The van der Waals surface area contributed by atoms with Gasteiger partial charge in [-0.3, -0.25) is 9.48 Å². The maximum absolute atomic E-state index is 12.6. The van der Waals surface area contributed by atoms with Crippen molar-refractivity contribution in [3.05, 3.63) is 46.3 Å². The average Bonchev–Trinajstić information content (AvgIpc) is 3.05. The highest BCUT2D eigenvalue weighted by Gasteiger charge is 2.30. The largest absolute Gasteiger partial charge is 0.334 e. The van der Waals surface area contributed by atoms with Crippen LogP contribution in [0.3, 0.4) is 0 Å². The minimum Gasteiger partial charge on any atom is -0.334 e. The molecule has 1 aromatic heterocycles. The van der Waals surface area contributed by atoms with Crippen LogP contribution in [-0.4, -0.2) is 37.7 Å². The van der Waals surface area contributed by atoms with E-state index < -0.39 is 0 Å². The van der Waals surface area contributed by atoms with Crippen LogP contribution in [-0.2, 0) is 44.1 Å². The molecule has 4 rings (SSSR count). The van der Waals surface area contributed by atoms with Gasteiger partial charge in [-0.1, -0.05) is 23.4 Å². The number of aryl methyl sites for hydroxylation is 3. The summed E-state index contributed by atoms with van der Waals surface area (Å²) < 4.78 is 1.85. The summed E-state index contributed by atoms with van der Waals surface area (Å²) in [6, 6.07) is 6.85. The van der Waals surface area contributed by atoms with Gasteiger partial charge in [0.1, 0.15) is 5.88 Å². The van der Waals surface area contributed by atoms with Crippen LogP contribution >= 0.6 is 11.6 Å². The Balaban J connectivity index is 1.55. The summed E-state index contributed by atoms with van der Waals surface area (Å²) in [5.74, 6) is 0.0242. The Hall–Kier alpha value is -1.88. The minimum atomic E-state index is 0.00160. The zero-order valence-corrected chi connectivity index (χ0v) is 16.0. The quantitative estimate of drug-likeness (QED) is 0.775. The highest BCUT2D eigenvalue weighted by molar-refractivity contribution is 6.27. The summed E-state index contributed by atoms with van der Waals surface area (Å²) in [5.41, 5.74) is 6.33. The first-order valence-electron chi connectivity index (χ1n) is 9.49. The summed E-state index contributed by atoms with van der Waals surface area (Å²) in [4.78, 5) is 14.5. The van der Waals surface area contributed by atoms with Crippen molar-refractivity contribution in [2.24, 2.45) is 7.05 Å². The standard InChI is InChI=1S/C20H25ClN4O/c1-24-19-9-8-17(11-18(19)22-23-24)25(20(26)12-21)13-14-6-7-15-4-2-3-5-16(15)10-14/h6-7,10,17H,2-5,8-9,11-13H2,1H3. The summed E-state index contributed by atoms with van der Waals surface area (Å²) >= 11 is 5.93. The van der Waals surface area contributed by atoms with Crippen molar-refractivity contribution in [3.8, 4) is 0 Å². The third-order valence-corrected chi connectivity index (χ3v) is 6.04. The molecule has 0 N–H and O–H groups in total. The number of carbonyl (C=O) groups excluding carboxylic acids is 1. The van der Waals surface area contributed by atoms with E-state index in [-0.39, 0.29) is 17.8 Å². The predicted molar refractivity (Wildman–Crippen MR) is 101 cm³/mol. The molecular weight excluding hydrogens is 348 g/mol. The van der Waals surface area contributed by atoms with E-state index in [9.17, 15) is 4.79 Å². The van der Waals surface area contributed by atoms with E-state index in [1.54, 1.807) is 0 Å². The molecule has 1 atom stereocenters. The lowest BCUT2D eigenvalue weighted by atomic mass is 9.90. The molecule has 0 aliphatic heterocycles. The van der Waals surface area contributed by atoms with Gasteiger partial charge >= 0.3 is 0 Å². The molecule has 1 unspecified atom stereocenters. The Kier molecular flexibility index (Phi) is 4.98. The molecule has 5 nitrogen and oxygen atoms in total. The number of amides is 1. The number of rotatable bonds is 4. The first-order chi connectivity index (χ1) is 12.7. The number of benzene rings is 1.